The first-order chi connectivity index (χ1) is 10.7. The van der Waals surface area contributed by atoms with E-state index in [1.54, 1.807) is 12.1 Å². The average molecular weight is 299 g/mol. The number of halogens is 1. The summed E-state index contributed by atoms with van der Waals surface area (Å²) in [6.45, 7) is 2.15. The number of benzene rings is 1. The zero-order valence-corrected chi connectivity index (χ0v) is 12.2. The van der Waals surface area contributed by atoms with E-state index in [1.807, 2.05) is 12.1 Å². The van der Waals surface area contributed by atoms with Crippen molar-refractivity contribution in [2.75, 3.05) is 18.4 Å². The Morgan fingerprint density at radius 1 is 1.32 bits per heavy atom. The van der Waals surface area contributed by atoms with Crippen molar-refractivity contribution in [1.29, 1.82) is 0 Å². The molecule has 5 heteroatoms. The molecule has 114 valence electrons. The van der Waals surface area contributed by atoms with Gasteiger partial charge in [-0.05, 0) is 49.5 Å². The summed E-state index contributed by atoms with van der Waals surface area (Å²) in [7, 11) is 0. The highest BCUT2D eigenvalue weighted by Gasteiger charge is 2.15. The summed E-state index contributed by atoms with van der Waals surface area (Å²) < 4.78 is 13.0. The Kier molecular flexibility index (Phi) is 4.44. The van der Waals surface area contributed by atoms with Gasteiger partial charge in [0, 0.05) is 11.6 Å². The standard InChI is InChI=1S/C17H18FN3O/c18-15-8-16(11-20-10-15)21-17(22)14-3-1-12(2-4-14)7-13-5-6-19-9-13/h1-4,8,10-11,13,19H,5-7,9H2,(H,21,22). The molecule has 1 amide bonds. The van der Waals surface area contributed by atoms with Gasteiger partial charge in [0.25, 0.3) is 5.91 Å². The van der Waals surface area contributed by atoms with E-state index in [0.29, 0.717) is 17.2 Å². The summed E-state index contributed by atoms with van der Waals surface area (Å²) in [5.41, 5.74) is 2.14. The van der Waals surface area contributed by atoms with Crippen molar-refractivity contribution in [3.8, 4) is 0 Å². The molecule has 1 atom stereocenters. The van der Waals surface area contributed by atoms with Crippen molar-refractivity contribution in [3.05, 3.63) is 59.7 Å². The molecule has 1 aromatic heterocycles. The number of amides is 1. The van der Waals surface area contributed by atoms with Crippen LogP contribution in [-0.4, -0.2) is 24.0 Å². The van der Waals surface area contributed by atoms with Gasteiger partial charge in [0.15, 0.2) is 0 Å². The van der Waals surface area contributed by atoms with Crippen LogP contribution in [0.1, 0.15) is 22.3 Å². The Labute approximate surface area is 128 Å². The van der Waals surface area contributed by atoms with Crippen LogP contribution in [0.5, 0.6) is 0 Å². The quantitative estimate of drug-likeness (QED) is 0.912. The number of carbonyl (C=O) groups is 1. The van der Waals surface area contributed by atoms with E-state index < -0.39 is 5.82 Å². The van der Waals surface area contributed by atoms with Gasteiger partial charge < -0.3 is 10.6 Å². The Hall–Kier alpha value is -2.27. The van der Waals surface area contributed by atoms with Gasteiger partial charge in [-0.25, -0.2) is 4.39 Å². The fourth-order valence-electron chi connectivity index (χ4n) is 2.70. The number of hydrogen-bond acceptors (Lipinski definition) is 3. The first-order valence-electron chi connectivity index (χ1n) is 7.42. The summed E-state index contributed by atoms with van der Waals surface area (Å²) >= 11 is 0. The molecule has 2 aromatic rings. The average Bonchev–Trinajstić information content (AvgIpc) is 3.01. The number of carbonyl (C=O) groups excluding carboxylic acids is 1. The van der Waals surface area contributed by atoms with Crippen LogP contribution >= 0.6 is 0 Å². The zero-order valence-electron chi connectivity index (χ0n) is 12.2. The molecule has 1 unspecified atom stereocenters. The first-order valence-corrected chi connectivity index (χ1v) is 7.42. The van der Waals surface area contributed by atoms with Gasteiger partial charge >= 0.3 is 0 Å². The molecule has 22 heavy (non-hydrogen) atoms. The molecule has 1 aliphatic rings. The molecule has 0 spiro atoms. The van der Waals surface area contributed by atoms with Gasteiger partial charge in [-0.15, -0.1) is 0 Å². The van der Waals surface area contributed by atoms with Crippen molar-refractivity contribution in [3.63, 3.8) is 0 Å². The van der Waals surface area contributed by atoms with Crippen LogP contribution in [0.4, 0.5) is 10.1 Å². The molecule has 3 rings (SSSR count). The Morgan fingerprint density at radius 2 is 2.14 bits per heavy atom. The normalized spacial score (nSPS) is 17.4. The topological polar surface area (TPSA) is 54.0 Å². The second-order valence-electron chi connectivity index (χ2n) is 5.61. The number of hydrogen-bond donors (Lipinski definition) is 2. The minimum atomic E-state index is -0.474. The van der Waals surface area contributed by atoms with Gasteiger partial charge in [0.2, 0.25) is 0 Å². The maximum absolute atomic E-state index is 13.0. The van der Waals surface area contributed by atoms with Crippen LogP contribution in [0.2, 0.25) is 0 Å². The lowest BCUT2D eigenvalue weighted by Gasteiger charge is -2.09. The molecule has 4 nitrogen and oxygen atoms in total. The van der Waals surface area contributed by atoms with Gasteiger partial charge in [0.1, 0.15) is 5.82 Å². The van der Waals surface area contributed by atoms with Crippen molar-refractivity contribution >= 4 is 11.6 Å². The highest BCUT2D eigenvalue weighted by Crippen LogP contribution is 2.16. The van der Waals surface area contributed by atoms with E-state index in [2.05, 4.69) is 15.6 Å². The van der Waals surface area contributed by atoms with Crippen molar-refractivity contribution < 1.29 is 9.18 Å². The second kappa shape index (κ2) is 6.66. The number of rotatable bonds is 4. The van der Waals surface area contributed by atoms with Gasteiger partial charge in [-0.1, -0.05) is 12.1 Å². The number of nitrogens with zero attached hydrogens (tertiary/aromatic N) is 1. The number of anilines is 1. The van der Waals surface area contributed by atoms with Gasteiger partial charge in [-0.3, -0.25) is 9.78 Å². The Morgan fingerprint density at radius 3 is 2.82 bits per heavy atom. The monoisotopic (exact) mass is 299 g/mol. The minimum absolute atomic E-state index is 0.263. The fraction of sp³-hybridized carbons (Fsp3) is 0.294. The third-order valence-corrected chi connectivity index (χ3v) is 3.87. The lowest BCUT2D eigenvalue weighted by atomic mass is 9.98. The SMILES string of the molecule is O=C(Nc1cncc(F)c1)c1ccc(CC2CCNC2)cc1. The molecule has 1 aliphatic heterocycles. The third kappa shape index (κ3) is 3.68. The molecule has 0 bridgehead atoms. The van der Waals surface area contributed by atoms with E-state index in [-0.39, 0.29) is 5.91 Å². The van der Waals surface area contributed by atoms with Crippen LogP contribution in [-0.2, 0) is 6.42 Å². The van der Waals surface area contributed by atoms with Gasteiger partial charge in [-0.2, -0.15) is 0 Å². The van der Waals surface area contributed by atoms with Crippen molar-refractivity contribution in [1.82, 2.24) is 10.3 Å². The molecule has 1 fully saturated rings. The maximum atomic E-state index is 13.0. The lowest BCUT2D eigenvalue weighted by molar-refractivity contribution is 0.102. The molecule has 2 heterocycles. The summed E-state index contributed by atoms with van der Waals surface area (Å²) in [6, 6.07) is 8.82. The summed E-state index contributed by atoms with van der Waals surface area (Å²) in [5, 5.41) is 5.99. The number of aromatic nitrogens is 1. The summed E-state index contributed by atoms with van der Waals surface area (Å²) in [4.78, 5) is 15.8. The maximum Gasteiger partial charge on any atom is 0.255 e. The molecule has 1 aromatic carbocycles. The highest BCUT2D eigenvalue weighted by molar-refractivity contribution is 6.04. The molecule has 0 radical (unpaired) electrons. The van der Waals surface area contributed by atoms with Crippen LogP contribution in [0.25, 0.3) is 0 Å². The molecule has 2 N–H and O–H groups in total. The first kappa shape index (κ1) is 14.7. The molecule has 0 saturated carbocycles. The fourth-order valence-corrected chi connectivity index (χ4v) is 2.70. The molecule has 1 saturated heterocycles. The smallest absolute Gasteiger partial charge is 0.255 e. The Bertz CT molecular complexity index is 651. The third-order valence-electron chi connectivity index (χ3n) is 3.87. The van der Waals surface area contributed by atoms with Crippen molar-refractivity contribution in [2.45, 2.75) is 12.8 Å². The number of pyridine rings is 1. The predicted octanol–water partition coefficient (Wildman–Crippen LogP) is 2.63. The lowest BCUT2D eigenvalue weighted by Crippen LogP contribution is -2.13. The molecular formula is C17H18FN3O. The molecule has 0 aliphatic carbocycles. The largest absolute Gasteiger partial charge is 0.320 e. The molecular weight excluding hydrogens is 281 g/mol. The van der Waals surface area contributed by atoms with E-state index in [1.165, 1.54) is 24.2 Å². The van der Waals surface area contributed by atoms with E-state index >= 15 is 0 Å². The predicted molar refractivity (Wildman–Crippen MR) is 83.3 cm³/mol. The van der Waals surface area contributed by atoms with Crippen molar-refractivity contribution in [2.24, 2.45) is 5.92 Å². The highest BCUT2D eigenvalue weighted by atomic mass is 19.1. The van der Waals surface area contributed by atoms with Crippen LogP contribution in [0, 0.1) is 11.7 Å². The summed E-state index contributed by atoms with van der Waals surface area (Å²) in [5.74, 6) is -0.0575. The second-order valence-corrected chi connectivity index (χ2v) is 5.61. The van der Waals surface area contributed by atoms with Gasteiger partial charge in [0.05, 0.1) is 18.1 Å². The zero-order chi connectivity index (χ0) is 15.4. The van der Waals surface area contributed by atoms with E-state index in [4.69, 9.17) is 0 Å². The van der Waals surface area contributed by atoms with E-state index in [0.717, 1.165) is 25.7 Å². The van der Waals surface area contributed by atoms with E-state index in [9.17, 15) is 9.18 Å². The number of nitrogens with one attached hydrogen (secondary N) is 2. The summed E-state index contributed by atoms with van der Waals surface area (Å²) in [6.07, 6.45) is 4.75. The Balaban J connectivity index is 1.63. The minimum Gasteiger partial charge on any atom is -0.320 e. The van der Waals surface area contributed by atoms with Crippen LogP contribution in [0.15, 0.2) is 42.7 Å². The van der Waals surface area contributed by atoms with Crippen LogP contribution < -0.4 is 10.6 Å². The van der Waals surface area contributed by atoms with Crippen LogP contribution in [0.3, 0.4) is 0 Å².